The molecule has 1 unspecified atom stereocenters. The van der Waals surface area contributed by atoms with Crippen LogP contribution in [0.15, 0.2) is 42.5 Å². The van der Waals surface area contributed by atoms with E-state index in [4.69, 9.17) is 38.7 Å². The Labute approximate surface area is 208 Å². The molecule has 9 heteroatoms. The van der Waals surface area contributed by atoms with Crippen molar-refractivity contribution in [3.63, 3.8) is 0 Å². The molecule has 2 amide bonds. The number of nitrogen functional groups attached to an aromatic ring is 1. The van der Waals surface area contributed by atoms with Crippen LogP contribution in [0.1, 0.15) is 36.1 Å². The van der Waals surface area contributed by atoms with Crippen LogP contribution >= 0.6 is 23.2 Å². The van der Waals surface area contributed by atoms with Gasteiger partial charge < -0.3 is 20.7 Å². The summed E-state index contributed by atoms with van der Waals surface area (Å²) in [6, 6.07) is 13.0. The third-order valence-electron chi connectivity index (χ3n) is 6.05. The number of alkyl carbamates (subject to hydrolysis) is 1. The van der Waals surface area contributed by atoms with Crippen LogP contribution < -0.4 is 11.1 Å². The zero-order chi connectivity index (χ0) is 24.2. The van der Waals surface area contributed by atoms with E-state index in [0.717, 1.165) is 27.7 Å². The van der Waals surface area contributed by atoms with Gasteiger partial charge in [0.05, 0.1) is 22.2 Å². The van der Waals surface area contributed by atoms with Crippen molar-refractivity contribution in [1.29, 1.82) is 0 Å². The minimum atomic E-state index is -0.530. The predicted octanol–water partition coefficient (Wildman–Crippen LogP) is 4.93. The maximum absolute atomic E-state index is 13.4. The lowest BCUT2D eigenvalue weighted by atomic mass is 9.94. The average Bonchev–Trinajstić information content (AvgIpc) is 2.83. The Morgan fingerprint density at radius 3 is 2.76 bits per heavy atom. The fraction of sp³-hybridized carbons (Fsp3) is 0.320. The van der Waals surface area contributed by atoms with Gasteiger partial charge in [-0.25, -0.2) is 4.79 Å². The number of halogens is 2. The summed E-state index contributed by atoms with van der Waals surface area (Å²) in [5.74, 6) is -0.347. The van der Waals surface area contributed by atoms with Gasteiger partial charge in [-0.15, -0.1) is 0 Å². The van der Waals surface area contributed by atoms with Crippen LogP contribution in [-0.4, -0.2) is 41.6 Å². The molecule has 1 aromatic heterocycles. The van der Waals surface area contributed by atoms with Gasteiger partial charge >= 0.3 is 6.09 Å². The Hall–Kier alpha value is -3.03. The van der Waals surface area contributed by atoms with Crippen LogP contribution in [0.3, 0.4) is 0 Å². The number of nitrogens with zero attached hydrogens (tertiary/aromatic N) is 2. The number of carbonyl (C=O) groups excluding carboxylic acids is 2. The van der Waals surface area contributed by atoms with E-state index in [2.05, 4.69) is 5.32 Å². The van der Waals surface area contributed by atoms with Crippen molar-refractivity contribution in [1.82, 2.24) is 15.2 Å². The second-order valence-corrected chi connectivity index (χ2v) is 9.02. The van der Waals surface area contributed by atoms with Crippen molar-refractivity contribution >= 4 is 51.8 Å². The molecule has 3 N–H and O–H groups in total. The zero-order valence-electron chi connectivity index (χ0n) is 18.8. The number of rotatable bonds is 6. The van der Waals surface area contributed by atoms with E-state index in [9.17, 15) is 9.59 Å². The van der Waals surface area contributed by atoms with E-state index >= 15 is 0 Å². The minimum Gasteiger partial charge on any atom is -0.450 e. The van der Waals surface area contributed by atoms with Gasteiger partial charge in [-0.1, -0.05) is 47.5 Å². The van der Waals surface area contributed by atoms with Crippen molar-refractivity contribution in [2.75, 3.05) is 25.4 Å². The van der Waals surface area contributed by atoms with E-state index in [-0.39, 0.29) is 31.4 Å². The van der Waals surface area contributed by atoms with Crippen LogP contribution in [0.4, 0.5) is 10.5 Å². The Bertz CT molecular complexity index is 1230. The molecule has 0 bridgehead atoms. The number of carbonyl (C=O) groups is 2. The summed E-state index contributed by atoms with van der Waals surface area (Å²) in [4.78, 5) is 31.8. The van der Waals surface area contributed by atoms with Crippen molar-refractivity contribution in [2.45, 2.75) is 32.2 Å². The first-order valence-electron chi connectivity index (χ1n) is 11.2. The first-order chi connectivity index (χ1) is 16.4. The minimum absolute atomic E-state index is 0.0417. The lowest BCUT2D eigenvalue weighted by Gasteiger charge is -2.31. The first-order valence-corrected chi connectivity index (χ1v) is 11.9. The Kier molecular flexibility index (Phi) is 7.44. The summed E-state index contributed by atoms with van der Waals surface area (Å²) >= 11 is 12.3. The molecule has 1 aliphatic heterocycles. The van der Waals surface area contributed by atoms with Crippen molar-refractivity contribution in [3.8, 4) is 0 Å². The van der Waals surface area contributed by atoms with E-state index < -0.39 is 6.09 Å². The van der Waals surface area contributed by atoms with E-state index in [0.29, 0.717) is 35.2 Å². The number of benzene rings is 2. The highest BCUT2D eigenvalue weighted by Crippen LogP contribution is 2.32. The number of ether oxygens (including phenoxy) is 1. The number of hydrogen-bond donors (Lipinski definition) is 2. The maximum Gasteiger partial charge on any atom is 0.407 e. The molecule has 2 heterocycles. The van der Waals surface area contributed by atoms with Crippen LogP contribution in [0.5, 0.6) is 0 Å². The van der Waals surface area contributed by atoms with Crippen LogP contribution in [0.25, 0.3) is 10.9 Å². The van der Waals surface area contributed by atoms with Crippen LogP contribution in [0, 0.1) is 0 Å². The second kappa shape index (κ2) is 10.5. The second-order valence-electron chi connectivity index (χ2n) is 8.21. The SMILES string of the molecule is CCOC(=O)NCC(CC(=O)N1CCc2nc3ccccc3c(N)c2C1)c1ccc(Cl)c(Cl)c1. The summed E-state index contributed by atoms with van der Waals surface area (Å²) in [5, 5.41) is 4.44. The molecule has 0 fully saturated rings. The molecular weight excluding hydrogens is 475 g/mol. The number of aromatic nitrogens is 1. The van der Waals surface area contributed by atoms with Gasteiger partial charge in [0.2, 0.25) is 5.91 Å². The highest BCUT2D eigenvalue weighted by molar-refractivity contribution is 6.42. The fourth-order valence-electron chi connectivity index (χ4n) is 4.24. The molecule has 0 saturated heterocycles. The third kappa shape index (κ3) is 5.21. The van der Waals surface area contributed by atoms with Gasteiger partial charge in [0.15, 0.2) is 0 Å². The molecule has 0 radical (unpaired) electrons. The van der Waals surface area contributed by atoms with Gasteiger partial charge in [-0.05, 0) is 30.7 Å². The van der Waals surface area contributed by atoms with Gasteiger partial charge in [0.1, 0.15) is 0 Å². The van der Waals surface area contributed by atoms with Gasteiger partial charge in [-0.3, -0.25) is 9.78 Å². The zero-order valence-corrected chi connectivity index (χ0v) is 20.3. The number of fused-ring (bicyclic) bond motifs is 2. The highest BCUT2D eigenvalue weighted by Gasteiger charge is 2.27. The van der Waals surface area contributed by atoms with Crippen LogP contribution in [0.2, 0.25) is 10.0 Å². The number of anilines is 1. The monoisotopic (exact) mass is 500 g/mol. The molecule has 0 spiro atoms. The normalized spacial score (nSPS) is 13.9. The van der Waals surface area contributed by atoms with Gasteiger partial charge in [-0.2, -0.15) is 0 Å². The molecule has 2 aromatic carbocycles. The van der Waals surface area contributed by atoms with Crippen LogP contribution in [-0.2, 0) is 22.5 Å². The number of nitrogens with two attached hydrogens (primary N) is 1. The quantitative estimate of drug-likeness (QED) is 0.499. The van der Waals surface area contributed by atoms with E-state index in [1.54, 1.807) is 24.0 Å². The number of amides is 2. The number of hydrogen-bond acceptors (Lipinski definition) is 5. The Morgan fingerprint density at radius 2 is 2.00 bits per heavy atom. The lowest BCUT2D eigenvalue weighted by molar-refractivity contribution is -0.132. The molecule has 3 aromatic rings. The van der Waals surface area contributed by atoms with E-state index in [1.807, 2.05) is 30.3 Å². The lowest BCUT2D eigenvalue weighted by Crippen LogP contribution is -2.38. The van der Waals surface area contributed by atoms with Gasteiger partial charge in [0, 0.05) is 60.7 Å². The fourth-order valence-corrected chi connectivity index (χ4v) is 4.55. The summed E-state index contributed by atoms with van der Waals surface area (Å²) in [6.45, 7) is 3.17. The Balaban J connectivity index is 1.53. The molecule has 0 saturated carbocycles. The van der Waals surface area contributed by atoms with Crippen molar-refractivity contribution < 1.29 is 14.3 Å². The summed E-state index contributed by atoms with van der Waals surface area (Å²) in [7, 11) is 0. The smallest absolute Gasteiger partial charge is 0.407 e. The molecule has 0 aliphatic carbocycles. The highest BCUT2D eigenvalue weighted by atomic mass is 35.5. The topological polar surface area (TPSA) is 97.5 Å². The molecule has 4 rings (SSSR count). The molecule has 7 nitrogen and oxygen atoms in total. The summed E-state index contributed by atoms with van der Waals surface area (Å²) < 4.78 is 4.97. The van der Waals surface area contributed by atoms with Crippen molar-refractivity contribution in [3.05, 3.63) is 69.3 Å². The number of para-hydroxylation sites is 1. The molecule has 178 valence electrons. The van der Waals surface area contributed by atoms with Gasteiger partial charge in [0.25, 0.3) is 0 Å². The molecule has 34 heavy (non-hydrogen) atoms. The Morgan fingerprint density at radius 1 is 1.21 bits per heavy atom. The predicted molar refractivity (Wildman–Crippen MR) is 134 cm³/mol. The number of nitrogens with one attached hydrogen (secondary N) is 1. The van der Waals surface area contributed by atoms with E-state index in [1.165, 1.54) is 0 Å². The number of pyridine rings is 1. The summed E-state index contributed by atoms with van der Waals surface area (Å²) in [6.07, 6.45) is 0.285. The molecule has 1 atom stereocenters. The maximum atomic E-state index is 13.4. The third-order valence-corrected chi connectivity index (χ3v) is 6.79. The average molecular weight is 501 g/mol. The first kappa shape index (κ1) is 24.1. The summed E-state index contributed by atoms with van der Waals surface area (Å²) in [5.41, 5.74) is 10.6. The largest absolute Gasteiger partial charge is 0.450 e. The van der Waals surface area contributed by atoms with Crippen molar-refractivity contribution in [2.24, 2.45) is 0 Å². The molecule has 1 aliphatic rings. The standard InChI is InChI=1S/C25H26Cl2N4O3/c1-2-34-25(33)29-13-16(15-7-8-19(26)20(27)11-15)12-23(32)31-10-9-22-18(14-31)24(28)17-5-3-4-6-21(17)30-22/h3-8,11,16H,2,9-10,12-14H2,1H3,(H2,28,30)(H,29,33). The molecular formula is C25H26Cl2N4O3.